The van der Waals surface area contributed by atoms with E-state index in [-0.39, 0.29) is 19.1 Å². The second-order valence-corrected chi connectivity index (χ2v) is 4.27. The molecule has 7 heteroatoms. The minimum absolute atomic E-state index is 0.162. The van der Waals surface area contributed by atoms with Crippen molar-refractivity contribution in [3.05, 3.63) is 17.7 Å². The molecule has 0 aliphatic rings. The number of nitrogens with one attached hydrogen (secondary N) is 1. The zero-order chi connectivity index (χ0) is 15.8. The van der Waals surface area contributed by atoms with Crippen molar-refractivity contribution in [1.29, 1.82) is 0 Å². The van der Waals surface area contributed by atoms with E-state index in [1.807, 2.05) is 0 Å². The molecule has 0 aliphatic heterocycles. The van der Waals surface area contributed by atoms with Crippen LogP contribution in [-0.4, -0.2) is 47.0 Å². The lowest BCUT2D eigenvalue weighted by Crippen LogP contribution is -2.43. The Morgan fingerprint density at radius 1 is 1.14 bits per heavy atom. The lowest BCUT2D eigenvalue weighted by Gasteiger charge is -2.17. The number of amides is 1. The molecule has 0 aliphatic carbocycles. The van der Waals surface area contributed by atoms with Crippen LogP contribution in [0.4, 0.5) is 0 Å². The van der Waals surface area contributed by atoms with Crippen LogP contribution < -0.4 is 25.3 Å². The van der Waals surface area contributed by atoms with Crippen molar-refractivity contribution >= 4 is 5.91 Å². The molecule has 21 heavy (non-hydrogen) atoms. The van der Waals surface area contributed by atoms with Crippen LogP contribution in [0.2, 0.25) is 0 Å². The van der Waals surface area contributed by atoms with E-state index in [4.69, 9.17) is 24.7 Å². The van der Waals surface area contributed by atoms with Crippen LogP contribution in [0, 0.1) is 0 Å². The molecule has 0 bridgehead atoms. The summed E-state index contributed by atoms with van der Waals surface area (Å²) in [4.78, 5) is 11.8. The molecule has 1 aromatic rings. The van der Waals surface area contributed by atoms with Gasteiger partial charge in [-0.25, -0.2) is 0 Å². The Hall–Kier alpha value is -1.99. The van der Waals surface area contributed by atoms with Crippen molar-refractivity contribution in [2.75, 3.05) is 35.0 Å². The van der Waals surface area contributed by atoms with E-state index < -0.39 is 6.04 Å². The second-order valence-electron chi connectivity index (χ2n) is 4.27. The van der Waals surface area contributed by atoms with Crippen molar-refractivity contribution in [3.8, 4) is 17.2 Å². The first-order valence-electron chi connectivity index (χ1n) is 6.39. The molecular weight excluding hydrogens is 276 g/mol. The summed E-state index contributed by atoms with van der Waals surface area (Å²) >= 11 is 0. The molecule has 3 N–H and O–H groups in total. The van der Waals surface area contributed by atoms with E-state index >= 15 is 0 Å². The number of rotatable bonds is 8. The summed E-state index contributed by atoms with van der Waals surface area (Å²) in [6.45, 7) is 0.425. The molecule has 0 aromatic heterocycles. The van der Waals surface area contributed by atoms with Gasteiger partial charge in [-0.1, -0.05) is 0 Å². The highest BCUT2D eigenvalue weighted by atomic mass is 16.5. The molecule has 1 atom stereocenters. The molecule has 0 fully saturated rings. The maximum atomic E-state index is 11.8. The quantitative estimate of drug-likeness (QED) is 0.717. The Labute approximate surface area is 124 Å². The molecule has 1 aromatic carbocycles. The van der Waals surface area contributed by atoms with Crippen molar-refractivity contribution in [3.63, 3.8) is 0 Å². The van der Waals surface area contributed by atoms with E-state index in [2.05, 4.69) is 5.32 Å². The number of hydrogen-bond donors (Lipinski definition) is 2. The van der Waals surface area contributed by atoms with E-state index in [9.17, 15) is 4.79 Å². The fourth-order valence-electron chi connectivity index (χ4n) is 1.87. The first-order chi connectivity index (χ1) is 10.1. The summed E-state index contributed by atoms with van der Waals surface area (Å²) in [5, 5.41) is 2.73. The molecule has 1 unspecified atom stereocenters. The normalized spacial score (nSPS) is 11.7. The van der Waals surface area contributed by atoms with Crippen LogP contribution in [0.5, 0.6) is 17.2 Å². The number of nitrogens with two attached hydrogens (primary N) is 1. The standard InChI is InChI=1S/C14H22N2O5/c1-18-8-10(15)14(17)16-7-9-5-6-11(19-2)13(21-4)12(9)20-3/h5-6,10H,7-8,15H2,1-4H3,(H,16,17). The van der Waals surface area contributed by atoms with Crippen molar-refractivity contribution < 1.29 is 23.7 Å². The van der Waals surface area contributed by atoms with Gasteiger partial charge in [0.2, 0.25) is 11.7 Å². The lowest BCUT2D eigenvalue weighted by atomic mass is 10.1. The third-order valence-electron chi connectivity index (χ3n) is 2.92. The molecule has 0 heterocycles. The van der Waals surface area contributed by atoms with Gasteiger partial charge in [0, 0.05) is 19.2 Å². The van der Waals surface area contributed by atoms with Crippen LogP contribution in [-0.2, 0) is 16.1 Å². The molecule has 7 nitrogen and oxygen atoms in total. The molecule has 1 rings (SSSR count). The van der Waals surface area contributed by atoms with E-state index in [0.717, 1.165) is 5.56 Å². The maximum absolute atomic E-state index is 11.8. The molecule has 0 saturated heterocycles. The van der Waals surface area contributed by atoms with Crippen molar-refractivity contribution in [2.24, 2.45) is 5.73 Å². The van der Waals surface area contributed by atoms with Gasteiger partial charge in [0.1, 0.15) is 6.04 Å². The summed E-state index contributed by atoms with van der Waals surface area (Å²) in [6, 6.07) is 2.83. The number of hydrogen-bond acceptors (Lipinski definition) is 6. The zero-order valence-corrected chi connectivity index (χ0v) is 12.8. The predicted octanol–water partition coefficient (Wildman–Crippen LogP) is 0.302. The first-order valence-corrected chi connectivity index (χ1v) is 6.39. The predicted molar refractivity (Wildman–Crippen MR) is 77.8 cm³/mol. The SMILES string of the molecule is COCC(N)C(=O)NCc1ccc(OC)c(OC)c1OC. The average Bonchev–Trinajstić information content (AvgIpc) is 2.51. The third-order valence-corrected chi connectivity index (χ3v) is 2.92. The third kappa shape index (κ3) is 4.24. The highest BCUT2D eigenvalue weighted by Gasteiger charge is 2.18. The summed E-state index contributed by atoms with van der Waals surface area (Å²) in [5.74, 6) is 1.25. The first kappa shape index (κ1) is 17.1. The fourth-order valence-corrected chi connectivity index (χ4v) is 1.87. The van der Waals surface area contributed by atoms with Crippen LogP contribution in [0.1, 0.15) is 5.56 Å². The van der Waals surface area contributed by atoms with E-state index in [1.165, 1.54) is 21.3 Å². The summed E-state index contributed by atoms with van der Waals surface area (Å²) in [7, 11) is 6.09. The zero-order valence-electron chi connectivity index (χ0n) is 12.8. The molecular formula is C14H22N2O5. The molecule has 0 saturated carbocycles. The Kier molecular flexibility index (Phi) is 6.77. The van der Waals surface area contributed by atoms with Crippen molar-refractivity contribution in [2.45, 2.75) is 12.6 Å². The Bertz CT molecular complexity index is 479. The van der Waals surface area contributed by atoms with Gasteiger partial charge in [-0.05, 0) is 12.1 Å². The van der Waals surface area contributed by atoms with Gasteiger partial charge in [-0.3, -0.25) is 4.79 Å². The highest BCUT2D eigenvalue weighted by Crippen LogP contribution is 2.39. The molecule has 0 radical (unpaired) electrons. The number of carbonyl (C=O) groups excluding carboxylic acids is 1. The summed E-state index contributed by atoms with van der Waals surface area (Å²) in [5.41, 5.74) is 6.41. The summed E-state index contributed by atoms with van der Waals surface area (Å²) < 4.78 is 20.7. The Morgan fingerprint density at radius 2 is 1.81 bits per heavy atom. The van der Waals surface area contributed by atoms with Gasteiger partial charge < -0.3 is 30.0 Å². The van der Waals surface area contributed by atoms with Gasteiger partial charge in [-0.15, -0.1) is 0 Å². The number of carbonyl (C=O) groups is 1. The average molecular weight is 298 g/mol. The topological polar surface area (TPSA) is 92.0 Å². The minimum Gasteiger partial charge on any atom is -0.493 e. The maximum Gasteiger partial charge on any atom is 0.239 e. The minimum atomic E-state index is -0.707. The van der Waals surface area contributed by atoms with Crippen molar-refractivity contribution in [1.82, 2.24) is 5.32 Å². The molecule has 1 amide bonds. The van der Waals surface area contributed by atoms with Crippen LogP contribution in [0.15, 0.2) is 12.1 Å². The van der Waals surface area contributed by atoms with Gasteiger partial charge >= 0.3 is 0 Å². The Balaban J connectivity index is 2.86. The van der Waals surface area contributed by atoms with Crippen LogP contribution >= 0.6 is 0 Å². The van der Waals surface area contributed by atoms with Gasteiger partial charge in [0.25, 0.3) is 0 Å². The van der Waals surface area contributed by atoms with Crippen LogP contribution in [0.3, 0.4) is 0 Å². The van der Waals surface area contributed by atoms with Gasteiger partial charge in [0.15, 0.2) is 11.5 Å². The lowest BCUT2D eigenvalue weighted by molar-refractivity contribution is -0.123. The molecule has 0 spiro atoms. The second kappa shape index (κ2) is 8.33. The van der Waals surface area contributed by atoms with Crippen LogP contribution in [0.25, 0.3) is 0 Å². The van der Waals surface area contributed by atoms with E-state index in [0.29, 0.717) is 17.2 Å². The van der Waals surface area contributed by atoms with Gasteiger partial charge in [-0.2, -0.15) is 0 Å². The number of ether oxygens (including phenoxy) is 4. The largest absolute Gasteiger partial charge is 0.493 e. The fraction of sp³-hybridized carbons (Fsp3) is 0.500. The Morgan fingerprint density at radius 3 is 2.33 bits per heavy atom. The molecule has 118 valence electrons. The number of benzene rings is 1. The van der Waals surface area contributed by atoms with E-state index in [1.54, 1.807) is 19.2 Å². The highest BCUT2D eigenvalue weighted by molar-refractivity contribution is 5.81. The number of methoxy groups -OCH3 is 4. The monoisotopic (exact) mass is 298 g/mol. The van der Waals surface area contributed by atoms with Gasteiger partial charge in [0.05, 0.1) is 27.9 Å². The smallest absolute Gasteiger partial charge is 0.239 e. The summed E-state index contributed by atoms with van der Waals surface area (Å²) in [6.07, 6.45) is 0.